The highest BCUT2D eigenvalue weighted by atomic mass is 19.4. The fourth-order valence-corrected chi connectivity index (χ4v) is 1.88. The lowest BCUT2D eigenvalue weighted by Gasteiger charge is -2.11. The number of aromatic amines is 1. The van der Waals surface area contributed by atoms with E-state index in [2.05, 4.69) is 5.10 Å². The molecule has 1 heterocycles. The number of benzene rings is 1. The van der Waals surface area contributed by atoms with Gasteiger partial charge in [-0.05, 0) is 30.2 Å². The molecule has 106 valence electrons. The lowest BCUT2D eigenvalue weighted by atomic mass is 10.0. The van der Waals surface area contributed by atoms with Crippen molar-refractivity contribution in [1.29, 1.82) is 0 Å². The van der Waals surface area contributed by atoms with Gasteiger partial charge in [0.1, 0.15) is 11.4 Å². The van der Waals surface area contributed by atoms with Gasteiger partial charge in [0.15, 0.2) is 0 Å². The van der Waals surface area contributed by atoms with Gasteiger partial charge in [0, 0.05) is 6.42 Å². The molecule has 0 spiro atoms. The Balaban J connectivity index is 2.44. The Bertz CT molecular complexity index is 674. The highest BCUT2D eigenvalue weighted by Crippen LogP contribution is 2.29. The molecule has 1 aromatic heterocycles. The first-order chi connectivity index (χ1) is 9.29. The molecule has 20 heavy (non-hydrogen) atoms. The van der Waals surface area contributed by atoms with Crippen LogP contribution in [0.5, 0.6) is 0 Å². The average Bonchev–Trinajstić information content (AvgIpc) is 2.34. The van der Waals surface area contributed by atoms with E-state index < -0.39 is 23.1 Å². The smallest absolute Gasteiger partial charge is 0.267 e. The summed E-state index contributed by atoms with van der Waals surface area (Å²) in [6, 6.07) is 5.33. The minimum absolute atomic E-state index is 0.0754. The molecule has 0 aliphatic rings. The van der Waals surface area contributed by atoms with Crippen LogP contribution in [0.2, 0.25) is 0 Å². The molecule has 7 heteroatoms. The lowest BCUT2D eigenvalue weighted by molar-refractivity contribution is -0.139. The summed E-state index contributed by atoms with van der Waals surface area (Å²) in [5.41, 5.74) is -2.03. The van der Waals surface area contributed by atoms with Crippen LogP contribution in [0, 0.1) is 12.7 Å². The number of aromatic nitrogens is 2. The molecule has 1 aromatic carbocycles. The van der Waals surface area contributed by atoms with Crippen molar-refractivity contribution in [1.82, 2.24) is 10.2 Å². The molecule has 1 N–H and O–H groups in total. The maximum atomic E-state index is 12.8. The minimum Gasteiger partial charge on any atom is -0.267 e. The van der Waals surface area contributed by atoms with Gasteiger partial charge in [-0.25, -0.2) is 9.49 Å². The molecule has 0 saturated heterocycles. The van der Waals surface area contributed by atoms with E-state index in [4.69, 9.17) is 0 Å². The third kappa shape index (κ3) is 2.87. The van der Waals surface area contributed by atoms with Crippen LogP contribution >= 0.6 is 0 Å². The van der Waals surface area contributed by atoms with Gasteiger partial charge in [0.2, 0.25) is 0 Å². The molecule has 3 nitrogen and oxygen atoms in total. The highest BCUT2D eigenvalue weighted by Gasteiger charge is 2.37. The van der Waals surface area contributed by atoms with Crippen LogP contribution in [0.1, 0.15) is 22.4 Å². The average molecular weight is 286 g/mol. The number of alkyl halides is 3. The monoisotopic (exact) mass is 286 g/mol. The molecule has 0 amide bonds. The van der Waals surface area contributed by atoms with Gasteiger partial charge in [-0.2, -0.15) is 18.3 Å². The maximum absolute atomic E-state index is 12.8. The van der Waals surface area contributed by atoms with Gasteiger partial charge in [0.25, 0.3) is 5.56 Å². The van der Waals surface area contributed by atoms with Crippen molar-refractivity contribution < 1.29 is 17.6 Å². The zero-order valence-electron chi connectivity index (χ0n) is 10.4. The van der Waals surface area contributed by atoms with Crippen LogP contribution in [0.3, 0.4) is 0 Å². The van der Waals surface area contributed by atoms with Crippen LogP contribution in [0.15, 0.2) is 29.1 Å². The number of hydrogen-bond donors (Lipinski definition) is 1. The zero-order valence-corrected chi connectivity index (χ0v) is 10.4. The van der Waals surface area contributed by atoms with Crippen molar-refractivity contribution in [3.05, 3.63) is 62.8 Å². The van der Waals surface area contributed by atoms with Crippen molar-refractivity contribution in [2.24, 2.45) is 0 Å². The van der Waals surface area contributed by atoms with Crippen LogP contribution in [0.25, 0.3) is 0 Å². The van der Waals surface area contributed by atoms with Gasteiger partial charge in [-0.1, -0.05) is 12.1 Å². The zero-order chi connectivity index (χ0) is 14.9. The van der Waals surface area contributed by atoms with Crippen molar-refractivity contribution >= 4 is 0 Å². The normalized spacial score (nSPS) is 11.7. The Kier molecular flexibility index (Phi) is 3.61. The molecule has 0 aliphatic heterocycles. The van der Waals surface area contributed by atoms with Gasteiger partial charge < -0.3 is 0 Å². The number of nitrogens with zero attached hydrogens (tertiary/aromatic N) is 1. The topological polar surface area (TPSA) is 45.8 Å². The summed E-state index contributed by atoms with van der Waals surface area (Å²) in [7, 11) is 0. The Morgan fingerprint density at radius 1 is 1.20 bits per heavy atom. The van der Waals surface area contributed by atoms with Crippen LogP contribution in [-0.4, -0.2) is 10.2 Å². The van der Waals surface area contributed by atoms with Crippen molar-refractivity contribution in [2.75, 3.05) is 0 Å². The van der Waals surface area contributed by atoms with E-state index in [9.17, 15) is 22.4 Å². The summed E-state index contributed by atoms with van der Waals surface area (Å²) in [4.78, 5) is 11.2. The predicted octanol–water partition coefficient (Wildman–Crippen LogP) is 2.83. The second-order valence-electron chi connectivity index (χ2n) is 4.30. The number of H-pyrrole nitrogens is 1. The summed E-state index contributed by atoms with van der Waals surface area (Å²) < 4.78 is 51.1. The summed E-state index contributed by atoms with van der Waals surface area (Å²) >= 11 is 0. The van der Waals surface area contributed by atoms with Gasteiger partial charge in [0.05, 0.1) is 5.69 Å². The van der Waals surface area contributed by atoms with Gasteiger partial charge in [-0.3, -0.25) is 4.79 Å². The number of rotatable bonds is 2. The number of nitrogens with one attached hydrogen (secondary N) is 1. The van der Waals surface area contributed by atoms with Crippen LogP contribution < -0.4 is 5.56 Å². The highest BCUT2D eigenvalue weighted by molar-refractivity contribution is 5.32. The lowest BCUT2D eigenvalue weighted by Crippen LogP contribution is -2.26. The first-order valence-electron chi connectivity index (χ1n) is 5.69. The van der Waals surface area contributed by atoms with E-state index in [1.54, 1.807) is 0 Å². The summed E-state index contributed by atoms with van der Waals surface area (Å²) in [6.07, 6.45) is -4.66. The SMILES string of the molecule is Cc1c(Cc2ccc(F)cc2)n[nH]c(=O)c1C(F)(F)F. The van der Waals surface area contributed by atoms with Gasteiger partial charge in [-0.15, -0.1) is 0 Å². The van der Waals surface area contributed by atoms with E-state index in [0.717, 1.165) is 0 Å². The molecule has 0 radical (unpaired) electrons. The Labute approximate surface area is 111 Å². The minimum atomic E-state index is -4.74. The molecule has 0 fully saturated rings. The second kappa shape index (κ2) is 5.07. The van der Waals surface area contributed by atoms with E-state index in [0.29, 0.717) is 5.56 Å². The van der Waals surface area contributed by atoms with Crippen molar-refractivity contribution in [3.63, 3.8) is 0 Å². The quantitative estimate of drug-likeness (QED) is 0.863. The second-order valence-corrected chi connectivity index (χ2v) is 4.30. The van der Waals surface area contributed by atoms with E-state index in [-0.39, 0.29) is 17.7 Å². The Morgan fingerprint density at radius 3 is 2.35 bits per heavy atom. The number of halogens is 4. The molecule has 0 saturated carbocycles. The van der Waals surface area contributed by atoms with Gasteiger partial charge >= 0.3 is 6.18 Å². The first kappa shape index (κ1) is 14.2. The fourth-order valence-electron chi connectivity index (χ4n) is 1.88. The first-order valence-corrected chi connectivity index (χ1v) is 5.69. The molecule has 0 atom stereocenters. The number of hydrogen-bond acceptors (Lipinski definition) is 2. The van der Waals surface area contributed by atoms with Crippen LogP contribution in [-0.2, 0) is 12.6 Å². The summed E-state index contributed by atoms with van der Waals surface area (Å²) in [6.45, 7) is 1.20. The van der Waals surface area contributed by atoms with Crippen molar-refractivity contribution in [3.8, 4) is 0 Å². The Morgan fingerprint density at radius 2 is 1.80 bits per heavy atom. The van der Waals surface area contributed by atoms with E-state index in [1.807, 2.05) is 5.10 Å². The third-order valence-corrected chi connectivity index (χ3v) is 2.90. The van der Waals surface area contributed by atoms with Crippen LogP contribution in [0.4, 0.5) is 17.6 Å². The fraction of sp³-hybridized carbons (Fsp3) is 0.231. The van der Waals surface area contributed by atoms with E-state index >= 15 is 0 Å². The van der Waals surface area contributed by atoms with Crippen molar-refractivity contribution in [2.45, 2.75) is 19.5 Å². The summed E-state index contributed by atoms with van der Waals surface area (Å²) in [5, 5.41) is 5.49. The summed E-state index contributed by atoms with van der Waals surface area (Å²) in [5.74, 6) is -0.434. The Hall–Kier alpha value is -2.18. The largest absolute Gasteiger partial charge is 0.422 e. The van der Waals surface area contributed by atoms with E-state index in [1.165, 1.54) is 31.2 Å². The molecule has 2 aromatic rings. The molecule has 0 unspecified atom stereocenters. The molecular formula is C13H10F4N2O. The maximum Gasteiger partial charge on any atom is 0.422 e. The predicted molar refractivity (Wildman–Crippen MR) is 63.8 cm³/mol. The molecule has 0 aliphatic carbocycles. The molecule has 2 rings (SSSR count). The standard InChI is InChI=1S/C13H10F4N2O/c1-7-10(6-8-2-4-9(14)5-3-8)18-19-12(20)11(7)13(15,16)17/h2-5H,6H2,1H3,(H,19,20). The third-order valence-electron chi connectivity index (χ3n) is 2.90. The molecule has 0 bridgehead atoms. The molecular weight excluding hydrogens is 276 g/mol.